The summed E-state index contributed by atoms with van der Waals surface area (Å²) in [5.41, 5.74) is 5.38. The van der Waals surface area contributed by atoms with E-state index < -0.39 is 5.54 Å². The molecule has 3 rings (SSSR count). The Morgan fingerprint density at radius 1 is 1.19 bits per heavy atom. The predicted octanol–water partition coefficient (Wildman–Crippen LogP) is 0.399. The lowest BCUT2D eigenvalue weighted by molar-refractivity contribution is -0.126. The molecule has 3 N–H and O–H groups in total. The van der Waals surface area contributed by atoms with E-state index in [2.05, 4.69) is 29.2 Å². The minimum atomic E-state index is -0.466. The van der Waals surface area contributed by atoms with E-state index in [1.807, 2.05) is 0 Å². The first-order valence-corrected chi connectivity index (χ1v) is 8.47. The Morgan fingerprint density at radius 2 is 1.81 bits per heavy atom. The zero-order chi connectivity index (χ0) is 15.0. The van der Waals surface area contributed by atoms with Crippen LogP contribution in [0.2, 0.25) is 0 Å². The summed E-state index contributed by atoms with van der Waals surface area (Å²) in [6.45, 7) is 2.97. The average molecular weight is 294 g/mol. The number of likely N-dealkylation sites (tertiary alicyclic amines) is 1. The maximum absolute atomic E-state index is 12.2. The van der Waals surface area contributed by atoms with Gasteiger partial charge in [0, 0.05) is 18.6 Å². The maximum atomic E-state index is 12.2. The molecule has 1 amide bonds. The third-order valence-corrected chi connectivity index (χ3v) is 5.51. The standard InChI is InChI=1S/C16H30N4O/c1-19(2)14-7-9-20(10-8-14)11-16(15(17)21,12-3-4-12)18-13-5-6-13/h12-14,18H,3-11H2,1-2H3,(H2,17,21). The van der Waals surface area contributed by atoms with E-state index >= 15 is 0 Å². The van der Waals surface area contributed by atoms with Crippen molar-refractivity contribution in [3.05, 3.63) is 0 Å². The molecule has 1 atom stereocenters. The molecular formula is C16H30N4O. The first-order chi connectivity index (χ1) is 10.0. The van der Waals surface area contributed by atoms with Crippen LogP contribution in [0.3, 0.4) is 0 Å². The second-order valence-electron chi connectivity index (χ2n) is 7.50. The van der Waals surface area contributed by atoms with Crippen molar-refractivity contribution < 1.29 is 4.79 Å². The van der Waals surface area contributed by atoms with Gasteiger partial charge in [0.25, 0.3) is 0 Å². The van der Waals surface area contributed by atoms with E-state index in [1.54, 1.807) is 0 Å². The fraction of sp³-hybridized carbons (Fsp3) is 0.938. The van der Waals surface area contributed by atoms with Crippen molar-refractivity contribution in [2.75, 3.05) is 33.7 Å². The molecule has 0 bridgehead atoms. The largest absolute Gasteiger partial charge is 0.368 e. The van der Waals surface area contributed by atoms with Crippen molar-refractivity contribution in [2.24, 2.45) is 11.7 Å². The summed E-state index contributed by atoms with van der Waals surface area (Å²) in [5, 5.41) is 3.62. The van der Waals surface area contributed by atoms with Gasteiger partial charge in [-0.3, -0.25) is 10.1 Å². The third kappa shape index (κ3) is 3.41. The van der Waals surface area contributed by atoms with Gasteiger partial charge in [0.05, 0.1) is 0 Å². The summed E-state index contributed by atoms with van der Waals surface area (Å²) in [6.07, 6.45) is 7.08. The normalized spacial score (nSPS) is 27.8. The fourth-order valence-electron chi connectivity index (χ4n) is 3.76. The highest BCUT2D eigenvalue weighted by atomic mass is 16.1. The Kier molecular flexibility index (Phi) is 4.26. The molecule has 1 unspecified atom stereocenters. The monoisotopic (exact) mass is 294 g/mol. The second kappa shape index (κ2) is 5.86. The maximum Gasteiger partial charge on any atom is 0.239 e. The van der Waals surface area contributed by atoms with Gasteiger partial charge >= 0.3 is 0 Å². The van der Waals surface area contributed by atoms with E-state index in [9.17, 15) is 4.79 Å². The molecule has 1 aliphatic heterocycles. The van der Waals surface area contributed by atoms with Crippen molar-refractivity contribution in [2.45, 2.75) is 56.1 Å². The van der Waals surface area contributed by atoms with Crippen LogP contribution in [0, 0.1) is 5.92 Å². The van der Waals surface area contributed by atoms with Crippen LogP contribution in [0.5, 0.6) is 0 Å². The van der Waals surface area contributed by atoms with Gasteiger partial charge in [0.1, 0.15) is 5.54 Å². The smallest absolute Gasteiger partial charge is 0.239 e. The van der Waals surface area contributed by atoms with Gasteiger partial charge in [-0.05, 0) is 71.6 Å². The molecule has 2 aliphatic carbocycles. The minimum Gasteiger partial charge on any atom is -0.368 e. The SMILES string of the molecule is CN(C)C1CCN(CC(NC2CC2)(C(N)=O)C2CC2)CC1. The van der Waals surface area contributed by atoms with Crippen molar-refractivity contribution in [3.8, 4) is 0 Å². The number of primary amides is 1. The first kappa shape index (κ1) is 15.3. The van der Waals surface area contributed by atoms with Crippen LogP contribution in [-0.2, 0) is 4.79 Å². The third-order valence-electron chi connectivity index (χ3n) is 5.51. The highest BCUT2D eigenvalue weighted by molar-refractivity contribution is 5.86. The summed E-state index contributed by atoms with van der Waals surface area (Å²) < 4.78 is 0. The average Bonchev–Trinajstić information content (AvgIpc) is 3.31. The molecule has 0 aromatic rings. The zero-order valence-electron chi connectivity index (χ0n) is 13.5. The molecule has 21 heavy (non-hydrogen) atoms. The lowest BCUT2D eigenvalue weighted by Gasteiger charge is -2.41. The second-order valence-corrected chi connectivity index (χ2v) is 7.50. The number of hydrogen-bond donors (Lipinski definition) is 2. The van der Waals surface area contributed by atoms with Crippen LogP contribution in [0.25, 0.3) is 0 Å². The van der Waals surface area contributed by atoms with E-state index in [0.717, 1.165) is 32.5 Å². The van der Waals surface area contributed by atoms with Gasteiger partial charge in [-0.2, -0.15) is 0 Å². The zero-order valence-corrected chi connectivity index (χ0v) is 13.5. The van der Waals surface area contributed by atoms with E-state index in [-0.39, 0.29) is 5.91 Å². The summed E-state index contributed by atoms with van der Waals surface area (Å²) in [6, 6.07) is 1.21. The van der Waals surface area contributed by atoms with Crippen LogP contribution >= 0.6 is 0 Å². The lowest BCUT2D eigenvalue weighted by Crippen LogP contribution is -2.64. The Bertz CT molecular complexity index is 384. The van der Waals surface area contributed by atoms with Crippen LogP contribution in [-0.4, -0.2) is 67.1 Å². The Hall–Kier alpha value is -0.650. The number of rotatable bonds is 7. The molecule has 2 saturated carbocycles. The lowest BCUT2D eigenvalue weighted by atomic mass is 9.89. The Morgan fingerprint density at radius 3 is 2.24 bits per heavy atom. The molecule has 3 fully saturated rings. The number of nitrogens with one attached hydrogen (secondary N) is 1. The van der Waals surface area contributed by atoms with Crippen molar-refractivity contribution in [1.29, 1.82) is 0 Å². The summed E-state index contributed by atoms with van der Waals surface area (Å²) >= 11 is 0. The van der Waals surface area contributed by atoms with E-state index in [0.29, 0.717) is 18.0 Å². The molecule has 0 aromatic heterocycles. The van der Waals surface area contributed by atoms with Gasteiger partial charge in [-0.1, -0.05) is 0 Å². The molecule has 0 radical (unpaired) electrons. The van der Waals surface area contributed by atoms with Crippen LogP contribution in [0.4, 0.5) is 0 Å². The minimum absolute atomic E-state index is 0.133. The Balaban J connectivity index is 1.63. The summed E-state index contributed by atoms with van der Waals surface area (Å²) in [4.78, 5) is 17.0. The number of nitrogens with zero attached hydrogens (tertiary/aromatic N) is 2. The van der Waals surface area contributed by atoms with Crippen molar-refractivity contribution in [1.82, 2.24) is 15.1 Å². The fourth-order valence-corrected chi connectivity index (χ4v) is 3.76. The molecule has 0 aromatic carbocycles. The van der Waals surface area contributed by atoms with Gasteiger partial charge in [0.15, 0.2) is 0 Å². The highest BCUT2D eigenvalue weighted by Gasteiger charge is 2.52. The summed E-state index contributed by atoms with van der Waals surface area (Å²) in [7, 11) is 4.32. The molecular weight excluding hydrogens is 264 g/mol. The van der Waals surface area contributed by atoms with E-state index in [4.69, 9.17) is 5.73 Å². The predicted molar refractivity (Wildman–Crippen MR) is 84.0 cm³/mol. The summed E-state index contributed by atoms with van der Waals surface area (Å²) in [5.74, 6) is 0.328. The molecule has 120 valence electrons. The van der Waals surface area contributed by atoms with Crippen LogP contribution in [0.1, 0.15) is 38.5 Å². The number of carbonyl (C=O) groups excluding carboxylic acids is 1. The number of piperidine rings is 1. The highest BCUT2D eigenvalue weighted by Crippen LogP contribution is 2.42. The van der Waals surface area contributed by atoms with Crippen LogP contribution in [0.15, 0.2) is 0 Å². The van der Waals surface area contributed by atoms with Crippen molar-refractivity contribution in [3.63, 3.8) is 0 Å². The first-order valence-electron chi connectivity index (χ1n) is 8.47. The molecule has 3 aliphatic rings. The topological polar surface area (TPSA) is 61.6 Å². The van der Waals surface area contributed by atoms with E-state index in [1.165, 1.54) is 25.7 Å². The number of amides is 1. The van der Waals surface area contributed by atoms with Crippen molar-refractivity contribution >= 4 is 5.91 Å². The Labute approximate surface area is 128 Å². The molecule has 5 heteroatoms. The molecule has 5 nitrogen and oxygen atoms in total. The molecule has 0 spiro atoms. The number of carbonyl (C=O) groups is 1. The quantitative estimate of drug-likeness (QED) is 0.713. The van der Waals surface area contributed by atoms with Gasteiger partial charge in [-0.15, -0.1) is 0 Å². The molecule has 1 saturated heterocycles. The number of hydrogen-bond acceptors (Lipinski definition) is 4. The van der Waals surface area contributed by atoms with Gasteiger partial charge in [-0.25, -0.2) is 0 Å². The van der Waals surface area contributed by atoms with Crippen LogP contribution < -0.4 is 11.1 Å². The molecule has 1 heterocycles. The number of nitrogens with two attached hydrogens (primary N) is 1. The van der Waals surface area contributed by atoms with Gasteiger partial charge < -0.3 is 15.5 Å². The van der Waals surface area contributed by atoms with Gasteiger partial charge in [0.2, 0.25) is 5.91 Å².